The van der Waals surface area contributed by atoms with Gasteiger partial charge in [0.2, 0.25) is 5.91 Å². The lowest BCUT2D eigenvalue weighted by molar-refractivity contribution is -0.126. The van der Waals surface area contributed by atoms with Crippen molar-refractivity contribution < 1.29 is 4.79 Å². The first-order valence-electron chi connectivity index (χ1n) is 4.88. The Morgan fingerprint density at radius 2 is 2.38 bits per heavy atom. The Morgan fingerprint density at radius 1 is 1.62 bits per heavy atom. The van der Waals surface area contributed by atoms with Gasteiger partial charge in [0.25, 0.3) is 0 Å². The summed E-state index contributed by atoms with van der Waals surface area (Å²) < 4.78 is 0. The van der Waals surface area contributed by atoms with Crippen molar-refractivity contribution in [1.29, 1.82) is 0 Å². The molecule has 1 amide bonds. The summed E-state index contributed by atoms with van der Waals surface area (Å²) in [6, 6.07) is 0. The molecule has 1 aliphatic carbocycles. The van der Waals surface area contributed by atoms with Gasteiger partial charge in [0, 0.05) is 19.2 Å². The summed E-state index contributed by atoms with van der Waals surface area (Å²) in [6.45, 7) is 4.73. The quantitative estimate of drug-likeness (QED) is 0.555. The van der Waals surface area contributed by atoms with E-state index in [1.165, 1.54) is 11.3 Å². The molecular formula is C11H15NO. The molecule has 13 heavy (non-hydrogen) atoms. The number of hydrogen-bond acceptors (Lipinski definition) is 1. The number of likely N-dealkylation sites (tertiary alicyclic amines) is 1. The fourth-order valence-electron chi connectivity index (χ4n) is 2.10. The van der Waals surface area contributed by atoms with E-state index in [0.717, 1.165) is 19.4 Å². The van der Waals surface area contributed by atoms with Gasteiger partial charge in [0.1, 0.15) is 0 Å². The maximum absolute atomic E-state index is 11.2. The third-order valence-corrected chi connectivity index (χ3v) is 2.77. The van der Waals surface area contributed by atoms with Crippen LogP contribution in [0.1, 0.15) is 26.7 Å². The molecule has 2 rings (SSSR count). The molecule has 0 spiro atoms. The molecule has 0 N–H and O–H groups in total. The van der Waals surface area contributed by atoms with E-state index in [2.05, 4.69) is 19.1 Å². The fourth-order valence-corrected chi connectivity index (χ4v) is 2.10. The van der Waals surface area contributed by atoms with Gasteiger partial charge < -0.3 is 4.90 Å². The molecule has 1 fully saturated rings. The van der Waals surface area contributed by atoms with E-state index >= 15 is 0 Å². The van der Waals surface area contributed by atoms with Crippen LogP contribution in [-0.4, -0.2) is 17.4 Å². The van der Waals surface area contributed by atoms with Crippen LogP contribution in [0.5, 0.6) is 0 Å². The van der Waals surface area contributed by atoms with Crippen molar-refractivity contribution >= 4 is 5.91 Å². The highest BCUT2D eigenvalue weighted by atomic mass is 16.2. The predicted octanol–water partition coefficient (Wildman–Crippen LogP) is 2.09. The second-order valence-corrected chi connectivity index (χ2v) is 3.91. The third kappa shape index (κ3) is 1.41. The van der Waals surface area contributed by atoms with Crippen LogP contribution in [0.2, 0.25) is 0 Å². The average Bonchev–Trinajstić information content (AvgIpc) is 2.46. The molecule has 2 heteroatoms. The van der Waals surface area contributed by atoms with Crippen LogP contribution in [0.25, 0.3) is 0 Å². The number of rotatable bonds is 0. The zero-order valence-corrected chi connectivity index (χ0v) is 8.21. The molecule has 1 heterocycles. The lowest BCUT2D eigenvalue weighted by Gasteiger charge is -2.19. The summed E-state index contributed by atoms with van der Waals surface area (Å²) in [5, 5.41) is 0. The molecule has 1 atom stereocenters. The summed E-state index contributed by atoms with van der Waals surface area (Å²) in [6.07, 6.45) is 6.62. The van der Waals surface area contributed by atoms with Crippen LogP contribution in [0.3, 0.4) is 0 Å². The molecule has 0 aromatic carbocycles. The van der Waals surface area contributed by atoms with Gasteiger partial charge in [-0.3, -0.25) is 4.79 Å². The van der Waals surface area contributed by atoms with Gasteiger partial charge >= 0.3 is 0 Å². The average molecular weight is 177 g/mol. The van der Waals surface area contributed by atoms with Gasteiger partial charge in [-0.05, 0) is 24.3 Å². The minimum atomic E-state index is 0.171. The molecule has 0 radical (unpaired) electrons. The lowest BCUT2D eigenvalue weighted by atomic mass is 9.96. The molecular weight excluding hydrogens is 162 g/mol. The number of carbonyl (C=O) groups excluding carboxylic acids is 1. The zero-order chi connectivity index (χ0) is 9.42. The standard InChI is InChI=1S/C11H15NO/c1-8-3-4-11-10(7-8)5-6-12(11)9(2)13/h4,7-8H,3,5-6H2,1-2H3. The van der Waals surface area contributed by atoms with Gasteiger partial charge in [0.05, 0.1) is 0 Å². The molecule has 1 aliphatic heterocycles. The number of allylic oxidation sites excluding steroid dienone is 3. The van der Waals surface area contributed by atoms with Gasteiger partial charge in [-0.25, -0.2) is 0 Å². The fraction of sp³-hybridized carbons (Fsp3) is 0.545. The topological polar surface area (TPSA) is 20.3 Å². The van der Waals surface area contributed by atoms with Gasteiger partial charge in [-0.15, -0.1) is 0 Å². The Labute approximate surface area is 78.9 Å². The molecule has 0 bridgehead atoms. The minimum Gasteiger partial charge on any atom is -0.312 e. The maximum atomic E-state index is 11.2. The smallest absolute Gasteiger partial charge is 0.223 e. The minimum absolute atomic E-state index is 0.171. The zero-order valence-electron chi connectivity index (χ0n) is 8.21. The van der Waals surface area contributed by atoms with Crippen LogP contribution in [0, 0.1) is 5.92 Å². The van der Waals surface area contributed by atoms with E-state index in [-0.39, 0.29) is 5.91 Å². The van der Waals surface area contributed by atoms with Crippen LogP contribution in [0.15, 0.2) is 23.4 Å². The van der Waals surface area contributed by atoms with Gasteiger partial charge in [0.15, 0.2) is 0 Å². The van der Waals surface area contributed by atoms with Crippen molar-refractivity contribution in [1.82, 2.24) is 4.90 Å². The van der Waals surface area contributed by atoms with E-state index in [4.69, 9.17) is 0 Å². The Hall–Kier alpha value is -1.05. The predicted molar refractivity (Wildman–Crippen MR) is 52.0 cm³/mol. The number of nitrogens with zero attached hydrogens (tertiary/aromatic N) is 1. The monoisotopic (exact) mass is 177 g/mol. The summed E-state index contributed by atoms with van der Waals surface area (Å²) >= 11 is 0. The van der Waals surface area contributed by atoms with E-state index in [1.54, 1.807) is 6.92 Å². The van der Waals surface area contributed by atoms with E-state index in [9.17, 15) is 4.79 Å². The van der Waals surface area contributed by atoms with Crippen molar-refractivity contribution in [2.24, 2.45) is 5.92 Å². The van der Waals surface area contributed by atoms with Crippen LogP contribution < -0.4 is 0 Å². The lowest BCUT2D eigenvalue weighted by Crippen LogP contribution is -2.24. The Morgan fingerprint density at radius 3 is 3.08 bits per heavy atom. The van der Waals surface area contributed by atoms with E-state index in [0.29, 0.717) is 5.92 Å². The van der Waals surface area contributed by atoms with Crippen molar-refractivity contribution in [3.8, 4) is 0 Å². The molecule has 70 valence electrons. The summed E-state index contributed by atoms with van der Waals surface area (Å²) in [5.74, 6) is 0.815. The van der Waals surface area contributed by atoms with Gasteiger partial charge in [-0.2, -0.15) is 0 Å². The molecule has 1 unspecified atom stereocenters. The first-order chi connectivity index (χ1) is 6.18. The first kappa shape index (κ1) is 8.54. The number of hydrogen-bond donors (Lipinski definition) is 0. The molecule has 2 nitrogen and oxygen atoms in total. The number of amides is 1. The summed E-state index contributed by atoms with van der Waals surface area (Å²) in [7, 11) is 0. The second kappa shape index (κ2) is 3.02. The summed E-state index contributed by atoms with van der Waals surface area (Å²) in [5.41, 5.74) is 2.54. The van der Waals surface area contributed by atoms with Crippen molar-refractivity contribution in [3.05, 3.63) is 23.4 Å². The van der Waals surface area contributed by atoms with Gasteiger partial charge in [-0.1, -0.05) is 19.1 Å². The Bertz CT molecular complexity index is 301. The number of carbonyl (C=O) groups is 1. The molecule has 1 saturated heterocycles. The molecule has 0 saturated carbocycles. The molecule has 2 aliphatic rings. The highest BCUT2D eigenvalue weighted by Gasteiger charge is 2.26. The highest BCUT2D eigenvalue weighted by Crippen LogP contribution is 2.33. The maximum Gasteiger partial charge on any atom is 0.223 e. The number of fused-ring (bicyclic) bond motifs is 1. The van der Waals surface area contributed by atoms with Crippen LogP contribution in [-0.2, 0) is 4.79 Å². The Kier molecular flexibility index (Phi) is 1.98. The first-order valence-corrected chi connectivity index (χ1v) is 4.88. The normalized spacial score (nSPS) is 26.6. The molecule has 0 aromatic rings. The van der Waals surface area contributed by atoms with Crippen molar-refractivity contribution in [3.63, 3.8) is 0 Å². The third-order valence-electron chi connectivity index (χ3n) is 2.77. The Balaban J connectivity index is 2.26. The molecule has 0 aromatic heterocycles. The SMILES string of the molecule is CC(=O)N1CCC2=CC(C)CC=C21. The van der Waals surface area contributed by atoms with Crippen LogP contribution in [0.4, 0.5) is 0 Å². The van der Waals surface area contributed by atoms with Crippen molar-refractivity contribution in [2.45, 2.75) is 26.7 Å². The second-order valence-electron chi connectivity index (χ2n) is 3.91. The van der Waals surface area contributed by atoms with E-state index in [1.807, 2.05) is 4.90 Å². The largest absolute Gasteiger partial charge is 0.312 e. The van der Waals surface area contributed by atoms with Crippen molar-refractivity contribution in [2.75, 3.05) is 6.54 Å². The van der Waals surface area contributed by atoms with Crippen LogP contribution >= 0.6 is 0 Å². The highest BCUT2D eigenvalue weighted by molar-refractivity contribution is 5.77. The van der Waals surface area contributed by atoms with E-state index < -0.39 is 0 Å². The summed E-state index contributed by atoms with van der Waals surface area (Å²) in [4.78, 5) is 13.1.